The number of aromatic nitrogens is 1. The van der Waals surface area contributed by atoms with Crippen molar-refractivity contribution in [2.45, 2.75) is 38.3 Å². The summed E-state index contributed by atoms with van der Waals surface area (Å²) in [5.41, 5.74) is 5.48. The summed E-state index contributed by atoms with van der Waals surface area (Å²) in [5.74, 6) is 0.412. The lowest BCUT2D eigenvalue weighted by molar-refractivity contribution is -0.158. The molecule has 2 aliphatic rings. The first kappa shape index (κ1) is 19.6. The van der Waals surface area contributed by atoms with Gasteiger partial charge in [0.25, 0.3) is 0 Å². The van der Waals surface area contributed by atoms with E-state index in [2.05, 4.69) is 61.8 Å². The minimum absolute atomic E-state index is 0.000711. The highest BCUT2D eigenvalue weighted by Crippen LogP contribution is 2.42. The van der Waals surface area contributed by atoms with Crippen LogP contribution in [-0.4, -0.2) is 45.7 Å². The van der Waals surface area contributed by atoms with Crippen LogP contribution in [0.25, 0.3) is 10.9 Å². The van der Waals surface area contributed by atoms with E-state index in [4.69, 9.17) is 0 Å². The number of H-pyrrole nitrogens is 1. The Labute approximate surface area is 182 Å². The maximum atomic E-state index is 13.4. The van der Waals surface area contributed by atoms with Gasteiger partial charge in [-0.2, -0.15) is 0 Å². The molecule has 1 aromatic heterocycles. The smallest absolute Gasteiger partial charge is 0.246 e. The molecule has 0 saturated carbocycles. The molecule has 5 nitrogen and oxygen atoms in total. The Kier molecular flexibility index (Phi) is 4.69. The van der Waals surface area contributed by atoms with E-state index in [1.807, 2.05) is 17.0 Å². The number of para-hydroxylation sites is 1. The number of benzene rings is 2. The van der Waals surface area contributed by atoms with Gasteiger partial charge in [0.2, 0.25) is 11.8 Å². The molecule has 2 amide bonds. The first-order valence-electron chi connectivity index (χ1n) is 10.9. The Morgan fingerprint density at radius 2 is 1.87 bits per heavy atom. The largest absolute Gasteiger partial charge is 0.356 e. The number of hydrogen-bond acceptors (Lipinski definition) is 2. The number of fused-ring (bicyclic) bond motifs is 4. The first-order valence-corrected chi connectivity index (χ1v) is 10.9. The molecular weight excluding hydrogens is 386 g/mol. The highest BCUT2D eigenvalue weighted by molar-refractivity contribution is 5.97. The Morgan fingerprint density at radius 1 is 1.13 bits per heavy atom. The molecule has 0 radical (unpaired) electrons. The summed E-state index contributed by atoms with van der Waals surface area (Å²) < 4.78 is 0. The third kappa shape index (κ3) is 3.07. The minimum atomic E-state index is -0.498. The zero-order valence-corrected chi connectivity index (χ0v) is 18.0. The molecule has 2 aromatic carbocycles. The molecule has 3 heterocycles. The number of carbonyl (C=O) groups excluding carboxylic acids is 2. The lowest BCUT2D eigenvalue weighted by Gasteiger charge is -2.47. The lowest BCUT2D eigenvalue weighted by atomic mass is 9.85. The van der Waals surface area contributed by atoms with Crippen molar-refractivity contribution in [2.24, 2.45) is 0 Å². The number of nitrogens with one attached hydrogen (secondary N) is 1. The van der Waals surface area contributed by atoms with E-state index in [0.717, 1.165) is 27.7 Å². The molecule has 158 valence electrons. The fourth-order valence-electron chi connectivity index (χ4n) is 5.04. The van der Waals surface area contributed by atoms with Crippen molar-refractivity contribution in [2.75, 3.05) is 13.1 Å². The summed E-state index contributed by atoms with van der Waals surface area (Å²) in [7, 11) is 0. The second-order valence-electron chi connectivity index (χ2n) is 8.82. The Morgan fingerprint density at radius 3 is 2.58 bits per heavy atom. The average Bonchev–Trinajstić information content (AvgIpc) is 3.14. The van der Waals surface area contributed by atoms with Gasteiger partial charge in [-0.15, -0.1) is 6.58 Å². The van der Waals surface area contributed by atoms with E-state index >= 15 is 0 Å². The molecule has 1 saturated heterocycles. The highest BCUT2D eigenvalue weighted by atomic mass is 16.2. The Hall–Kier alpha value is -3.34. The molecule has 0 spiro atoms. The second kappa shape index (κ2) is 7.41. The summed E-state index contributed by atoms with van der Waals surface area (Å²) in [6.45, 7) is 8.57. The van der Waals surface area contributed by atoms with Gasteiger partial charge in [-0.3, -0.25) is 9.59 Å². The maximum absolute atomic E-state index is 13.4. The van der Waals surface area contributed by atoms with E-state index in [0.29, 0.717) is 18.9 Å². The van der Waals surface area contributed by atoms with Crippen LogP contribution >= 0.6 is 0 Å². The third-order valence-corrected chi connectivity index (χ3v) is 6.61. The molecule has 0 bridgehead atoms. The van der Waals surface area contributed by atoms with Crippen LogP contribution in [0.5, 0.6) is 0 Å². The summed E-state index contributed by atoms with van der Waals surface area (Å²) >= 11 is 0. The Bertz CT molecular complexity index is 1180. The number of nitrogens with zero attached hydrogens (tertiary/aromatic N) is 2. The van der Waals surface area contributed by atoms with Gasteiger partial charge < -0.3 is 14.8 Å². The molecule has 1 fully saturated rings. The summed E-state index contributed by atoms with van der Waals surface area (Å²) in [5, 5.41) is 1.13. The second-order valence-corrected chi connectivity index (χ2v) is 8.82. The SMILES string of the molecule is C=CCN1CC(=O)N2C(c3ccc(C(C)C)cc3)c3[nH]c4ccccc4c3C[C@H]2C1=O. The van der Waals surface area contributed by atoms with Crippen molar-refractivity contribution in [1.29, 1.82) is 0 Å². The zero-order chi connectivity index (χ0) is 21.7. The van der Waals surface area contributed by atoms with Gasteiger partial charge in [0.05, 0.1) is 6.04 Å². The number of aromatic amines is 1. The van der Waals surface area contributed by atoms with Crippen molar-refractivity contribution >= 4 is 22.7 Å². The number of rotatable bonds is 4. The minimum Gasteiger partial charge on any atom is -0.356 e. The molecule has 1 unspecified atom stereocenters. The van der Waals surface area contributed by atoms with Crippen LogP contribution in [0.4, 0.5) is 0 Å². The van der Waals surface area contributed by atoms with Crippen molar-refractivity contribution in [3.8, 4) is 0 Å². The quantitative estimate of drug-likeness (QED) is 0.653. The number of hydrogen-bond donors (Lipinski definition) is 1. The normalized spacial score (nSPS) is 20.9. The zero-order valence-electron chi connectivity index (χ0n) is 18.0. The van der Waals surface area contributed by atoms with Crippen LogP contribution in [-0.2, 0) is 16.0 Å². The molecule has 5 rings (SSSR count). The van der Waals surface area contributed by atoms with Gasteiger partial charge in [-0.1, -0.05) is 62.4 Å². The van der Waals surface area contributed by atoms with Crippen LogP contribution in [0.3, 0.4) is 0 Å². The molecule has 5 heteroatoms. The van der Waals surface area contributed by atoms with Gasteiger partial charge in [-0.25, -0.2) is 0 Å². The topological polar surface area (TPSA) is 56.4 Å². The average molecular weight is 414 g/mol. The van der Waals surface area contributed by atoms with Crippen molar-refractivity contribution in [1.82, 2.24) is 14.8 Å². The van der Waals surface area contributed by atoms with Gasteiger partial charge in [-0.05, 0) is 28.7 Å². The van der Waals surface area contributed by atoms with Crippen LogP contribution in [0.2, 0.25) is 0 Å². The fourth-order valence-corrected chi connectivity index (χ4v) is 5.04. The fraction of sp³-hybridized carbons (Fsp3) is 0.308. The molecule has 3 aromatic rings. The van der Waals surface area contributed by atoms with Crippen molar-refractivity contribution in [3.63, 3.8) is 0 Å². The maximum Gasteiger partial charge on any atom is 0.246 e. The van der Waals surface area contributed by atoms with Crippen molar-refractivity contribution in [3.05, 3.63) is 83.6 Å². The first-order chi connectivity index (χ1) is 15.0. The van der Waals surface area contributed by atoms with Gasteiger partial charge >= 0.3 is 0 Å². The third-order valence-electron chi connectivity index (χ3n) is 6.61. The molecule has 1 N–H and O–H groups in total. The van der Waals surface area contributed by atoms with Crippen LogP contribution < -0.4 is 0 Å². The van der Waals surface area contributed by atoms with E-state index < -0.39 is 6.04 Å². The highest BCUT2D eigenvalue weighted by Gasteiger charge is 2.47. The Balaban J connectivity index is 1.68. The van der Waals surface area contributed by atoms with E-state index in [-0.39, 0.29) is 24.4 Å². The molecule has 2 atom stereocenters. The standard InChI is InChI=1S/C26H27N3O2/c1-4-13-28-15-23(30)29-22(26(28)31)14-20-19-7-5-6-8-21(19)27-24(20)25(29)18-11-9-17(10-12-18)16(2)3/h4-12,16,22,25,27H,1,13-15H2,2-3H3/t22-,25?/m0/s1. The number of carbonyl (C=O) groups is 2. The summed E-state index contributed by atoms with van der Waals surface area (Å²) in [6.07, 6.45) is 2.21. The lowest BCUT2D eigenvalue weighted by Crippen LogP contribution is -2.62. The van der Waals surface area contributed by atoms with E-state index in [1.54, 1.807) is 11.0 Å². The van der Waals surface area contributed by atoms with Gasteiger partial charge in [0.15, 0.2) is 0 Å². The molecular formula is C26H27N3O2. The monoisotopic (exact) mass is 413 g/mol. The summed E-state index contributed by atoms with van der Waals surface area (Å²) in [6, 6.07) is 15.8. The summed E-state index contributed by atoms with van der Waals surface area (Å²) in [4.78, 5) is 33.7. The van der Waals surface area contributed by atoms with Crippen LogP contribution in [0.15, 0.2) is 61.2 Å². The number of amides is 2. The van der Waals surface area contributed by atoms with Crippen LogP contribution in [0, 0.1) is 0 Å². The van der Waals surface area contributed by atoms with E-state index in [1.165, 1.54) is 5.56 Å². The predicted octanol–water partition coefficient (Wildman–Crippen LogP) is 4.16. The number of piperazine rings is 1. The molecule has 0 aliphatic carbocycles. The van der Waals surface area contributed by atoms with E-state index in [9.17, 15) is 9.59 Å². The van der Waals surface area contributed by atoms with Gasteiger partial charge in [0.1, 0.15) is 12.6 Å². The van der Waals surface area contributed by atoms with Crippen LogP contribution in [0.1, 0.15) is 48.2 Å². The molecule has 2 aliphatic heterocycles. The predicted molar refractivity (Wildman–Crippen MR) is 122 cm³/mol. The molecule has 31 heavy (non-hydrogen) atoms. The van der Waals surface area contributed by atoms with Crippen molar-refractivity contribution < 1.29 is 9.59 Å². The van der Waals surface area contributed by atoms with Gasteiger partial charge in [0, 0.05) is 29.6 Å².